The molecular weight excluding hydrogens is 192 g/mol. The van der Waals surface area contributed by atoms with Gasteiger partial charge in [0, 0.05) is 6.42 Å². The fourth-order valence-electron chi connectivity index (χ4n) is 1.92. The third-order valence-corrected chi connectivity index (χ3v) is 3.00. The molecule has 15 heavy (non-hydrogen) atoms. The van der Waals surface area contributed by atoms with Crippen LogP contribution in [0, 0.1) is 0 Å². The lowest BCUT2D eigenvalue weighted by Crippen LogP contribution is -2.21. The Bertz CT molecular complexity index is 185. The second kappa shape index (κ2) is 6.83. The number of aliphatic hydroxyl groups is 1. The Morgan fingerprint density at radius 2 is 2.07 bits per heavy atom. The molecule has 0 heterocycles. The minimum Gasteiger partial charge on any atom is -0.462 e. The molecule has 0 bridgehead atoms. The lowest BCUT2D eigenvalue weighted by atomic mass is 9.98. The number of carbonyl (C=O) groups is 1. The van der Waals surface area contributed by atoms with Crippen molar-refractivity contribution in [2.75, 3.05) is 0 Å². The first kappa shape index (κ1) is 12.5. The van der Waals surface area contributed by atoms with E-state index in [1.807, 2.05) is 6.92 Å². The van der Waals surface area contributed by atoms with E-state index in [1.54, 1.807) is 0 Å². The van der Waals surface area contributed by atoms with Crippen molar-refractivity contribution in [3.05, 3.63) is 0 Å². The zero-order valence-corrected chi connectivity index (χ0v) is 9.58. The van der Waals surface area contributed by atoms with E-state index in [-0.39, 0.29) is 18.2 Å². The molecule has 0 aromatic carbocycles. The summed E-state index contributed by atoms with van der Waals surface area (Å²) in [5, 5.41) is 9.30. The van der Waals surface area contributed by atoms with Gasteiger partial charge in [-0.1, -0.05) is 13.3 Å². The molecule has 0 aliphatic heterocycles. The molecule has 0 amide bonds. The highest BCUT2D eigenvalue weighted by molar-refractivity contribution is 5.69. The zero-order valence-electron chi connectivity index (χ0n) is 9.58. The maximum absolute atomic E-state index is 11.4. The number of aliphatic hydroxyl groups excluding tert-OH is 1. The van der Waals surface area contributed by atoms with Crippen LogP contribution >= 0.6 is 0 Å². The Balaban J connectivity index is 2.11. The van der Waals surface area contributed by atoms with Crippen molar-refractivity contribution in [2.24, 2.45) is 0 Å². The van der Waals surface area contributed by atoms with E-state index >= 15 is 0 Å². The van der Waals surface area contributed by atoms with Gasteiger partial charge in [-0.25, -0.2) is 0 Å². The van der Waals surface area contributed by atoms with Crippen molar-refractivity contribution in [1.82, 2.24) is 0 Å². The summed E-state index contributed by atoms with van der Waals surface area (Å²) < 4.78 is 5.34. The van der Waals surface area contributed by atoms with Gasteiger partial charge in [0.25, 0.3) is 0 Å². The van der Waals surface area contributed by atoms with Crippen molar-refractivity contribution in [3.8, 4) is 0 Å². The highest BCUT2D eigenvalue weighted by Gasteiger charge is 2.17. The summed E-state index contributed by atoms with van der Waals surface area (Å²) in [5.74, 6) is -0.144. The van der Waals surface area contributed by atoms with Crippen molar-refractivity contribution in [2.45, 2.75) is 70.5 Å². The van der Waals surface area contributed by atoms with Gasteiger partial charge in [-0.3, -0.25) is 4.79 Å². The van der Waals surface area contributed by atoms with Gasteiger partial charge in [0.1, 0.15) is 6.10 Å². The standard InChI is InChI=1S/C12H22O3/c1-2-10(13)8-9-12(14)15-11-6-4-3-5-7-11/h10-11,13H,2-9H2,1H3. The van der Waals surface area contributed by atoms with Crippen LogP contribution in [0.15, 0.2) is 0 Å². The number of carbonyl (C=O) groups excluding carboxylic acids is 1. The van der Waals surface area contributed by atoms with Gasteiger partial charge in [-0.2, -0.15) is 0 Å². The van der Waals surface area contributed by atoms with E-state index in [2.05, 4.69) is 0 Å². The largest absolute Gasteiger partial charge is 0.462 e. The SMILES string of the molecule is CCC(O)CCC(=O)OC1CCCCC1. The molecule has 0 aromatic heterocycles. The van der Waals surface area contributed by atoms with E-state index in [4.69, 9.17) is 4.74 Å². The molecule has 3 nitrogen and oxygen atoms in total. The predicted molar refractivity (Wildman–Crippen MR) is 58.5 cm³/mol. The van der Waals surface area contributed by atoms with Gasteiger partial charge in [0.05, 0.1) is 6.10 Å². The summed E-state index contributed by atoms with van der Waals surface area (Å²) in [6.45, 7) is 1.91. The molecule has 3 heteroatoms. The maximum atomic E-state index is 11.4. The van der Waals surface area contributed by atoms with E-state index in [1.165, 1.54) is 19.3 Å². The Labute approximate surface area is 91.8 Å². The minimum atomic E-state index is -0.357. The molecule has 0 saturated heterocycles. The smallest absolute Gasteiger partial charge is 0.306 e. The molecule has 1 atom stereocenters. The van der Waals surface area contributed by atoms with Crippen molar-refractivity contribution >= 4 is 5.97 Å². The van der Waals surface area contributed by atoms with Gasteiger partial charge in [0.2, 0.25) is 0 Å². The van der Waals surface area contributed by atoms with Crippen LogP contribution in [0.1, 0.15) is 58.3 Å². The Morgan fingerprint density at radius 3 is 2.67 bits per heavy atom. The molecule has 1 N–H and O–H groups in total. The van der Waals surface area contributed by atoms with Crippen molar-refractivity contribution in [1.29, 1.82) is 0 Å². The second-order valence-corrected chi connectivity index (χ2v) is 4.35. The van der Waals surface area contributed by atoms with E-state index in [0.29, 0.717) is 19.3 Å². The van der Waals surface area contributed by atoms with Crippen LogP contribution in [-0.2, 0) is 9.53 Å². The summed E-state index contributed by atoms with van der Waals surface area (Å²) in [4.78, 5) is 11.4. The fraction of sp³-hybridized carbons (Fsp3) is 0.917. The van der Waals surface area contributed by atoms with Crippen LogP contribution in [0.25, 0.3) is 0 Å². The van der Waals surface area contributed by atoms with Gasteiger partial charge in [0.15, 0.2) is 0 Å². The molecule has 88 valence electrons. The third-order valence-electron chi connectivity index (χ3n) is 3.00. The monoisotopic (exact) mass is 214 g/mol. The molecule has 1 aliphatic rings. The molecule has 0 radical (unpaired) electrons. The summed E-state index contributed by atoms with van der Waals surface area (Å²) >= 11 is 0. The predicted octanol–water partition coefficient (Wildman–Crippen LogP) is 2.41. The zero-order chi connectivity index (χ0) is 11.1. The van der Waals surface area contributed by atoms with Crippen LogP contribution in [0.4, 0.5) is 0 Å². The molecule has 1 fully saturated rings. The molecule has 1 rings (SSSR count). The molecule has 1 unspecified atom stereocenters. The van der Waals surface area contributed by atoms with Gasteiger partial charge >= 0.3 is 5.97 Å². The van der Waals surface area contributed by atoms with Gasteiger partial charge in [-0.05, 0) is 38.5 Å². The second-order valence-electron chi connectivity index (χ2n) is 4.35. The van der Waals surface area contributed by atoms with Crippen LogP contribution in [0.2, 0.25) is 0 Å². The molecule has 1 aliphatic carbocycles. The van der Waals surface area contributed by atoms with Gasteiger partial charge in [-0.15, -0.1) is 0 Å². The normalized spacial score (nSPS) is 19.9. The average molecular weight is 214 g/mol. The number of rotatable bonds is 5. The van der Waals surface area contributed by atoms with Crippen LogP contribution in [-0.4, -0.2) is 23.3 Å². The Hall–Kier alpha value is -0.570. The molecular formula is C12H22O3. The number of esters is 1. The summed E-state index contributed by atoms with van der Waals surface area (Å²) in [6.07, 6.45) is 7.02. The number of hydrogen-bond donors (Lipinski definition) is 1. The molecule has 1 saturated carbocycles. The molecule has 0 spiro atoms. The van der Waals surface area contributed by atoms with Crippen molar-refractivity contribution in [3.63, 3.8) is 0 Å². The summed E-state index contributed by atoms with van der Waals surface area (Å²) in [7, 11) is 0. The Morgan fingerprint density at radius 1 is 1.40 bits per heavy atom. The van der Waals surface area contributed by atoms with Gasteiger partial charge < -0.3 is 9.84 Å². The van der Waals surface area contributed by atoms with E-state index < -0.39 is 0 Å². The average Bonchev–Trinajstić information content (AvgIpc) is 2.27. The van der Waals surface area contributed by atoms with Crippen molar-refractivity contribution < 1.29 is 14.6 Å². The Kier molecular flexibility index (Phi) is 5.69. The first-order chi connectivity index (χ1) is 7.22. The first-order valence-electron chi connectivity index (χ1n) is 6.10. The third kappa shape index (κ3) is 5.17. The quantitative estimate of drug-likeness (QED) is 0.715. The maximum Gasteiger partial charge on any atom is 0.306 e. The summed E-state index contributed by atoms with van der Waals surface area (Å²) in [5.41, 5.74) is 0. The number of hydrogen-bond acceptors (Lipinski definition) is 3. The molecule has 0 aromatic rings. The summed E-state index contributed by atoms with van der Waals surface area (Å²) in [6, 6.07) is 0. The highest BCUT2D eigenvalue weighted by Crippen LogP contribution is 2.20. The first-order valence-corrected chi connectivity index (χ1v) is 6.10. The van der Waals surface area contributed by atoms with Crippen LogP contribution in [0.5, 0.6) is 0 Å². The van der Waals surface area contributed by atoms with Crippen LogP contribution < -0.4 is 0 Å². The highest BCUT2D eigenvalue weighted by atomic mass is 16.5. The number of ether oxygens (including phenoxy) is 1. The van der Waals surface area contributed by atoms with E-state index in [9.17, 15) is 9.90 Å². The lowest BCUT2D eigenvalue weighted by Gasteiger charge is -2.21. The topological polar surface area (TPSA) is 46.5 Å². The lowest BCUT2D eigenvalue weighted by molar-refractivity contribution is -0.151. The van der Waals surface area contributed by atoms with E-state index in [0.717, 1.165) is 12.8 Å². The fourth-order valence-corrected chi connectivity index (χ4v) is 1.92. The van der Waals surface area contributed by atoms with Crippen LogP contribution in [0.3, 0.4) is 0 Å². The minimum absolute atomic E-state index is 0.144.